The quantitative estimate of drug-likeness (QED) is 0.848. The van der Waals surface area contributed by atoms with Gasteiger partial charge in [0, 0.05) is 37.7 Å². The highest BCUT2D eigenvalue weighted by Gasteiger charge is 2.19. The predicted octanol–water partition coefficient (Wildman–Crippen LogP) is 2.40. The lowest BCUT2D eigenvalue weighted by molar-refractivity contribution is 0.103. The molecule has 0 saturated carbocycles. The van der Waals surface area contributed by atoms with Crippen LogP contribution in [0.3, 0.4) is 0 Å². The molecule has 6 heteroatoms. The molecular formula is C14H19ClN2O3. The average Bonchev–Trinajstić information content (AvgIpc) is 2.44. The second-order valence-electron chi connectivity index (χ2n) is 4.77. The highest BCUT2D eigenvalue weighted by atomic mass is 35.5. The van der Waals surface area contributed by atoms with Crippen LogP contribution in [0.25, 0.3) is 0 Å². The zero-order chi connectivity index (χ0) is 14.4. The zero-order valence-corrected chi connectivity index (χ0v) is 12.1. The zero-order valence-electron chi connectivity index (χ0n) is 11.3. The molecule has 0 unspecified atom stereocenters. The van der Waals surface area contributed by atoms with E-state index < -0.39 is 6.09 Å². The molecule has 0 aromatic heterocycles. The van der Waals surface area contributed by atoms with Crippen LogP contribution in [0.1, 0.15) is 6.42 Å². The van der Waals surface area contributed by atoms with Crippen LogP contribution in [0.2, 0.25) is 5.02 Å². The maximum Gasteiger partial charge on any atom is 0.407 e. The van der Waals surface area contributed by atoms with Crippen molar-refractivity contribution >= 4 is 17.7 Å². The Kier molecular flexibility index (Phi) is 5.49. The number of amides is 1. The molecule has 1 heterocycles. The normalized spacial score (nSPS) is 16.1. The standard InChI is InChI=1S/C14H19ClN2O3/c15-12-3-1-4-13(11-12)20-10-2-5-16-6-8-17(9-7-16)14(18)19/h1,3-4,11H,2,5-10H2,(H,18,19). The molecule has 1 saturated heterocycles. The van der Waals surface area contributed by atoms with Crippen LogP contribution in [0, 0.1) is 0 Å². The molecule has 20 heavy (non-hydrogen) atoms. The van der Waals surface area contributed by atoms with Gasteiger partial charge in [-0.05, 0) is 24.6 Å². The Morgan fingerprint density at radius 3 is 2.70 bits per heavy atom. The summed E-state index contributed by atoms with van der Waals surface area (Å²) < 4.78 is 5.62. The monoisotopic (exact) mass is 298 g/mol. The third kappa shape index (κ3) is 4.58. The van der Waals surface area contributed by atoms with Gasteiger partial charge in [-0.1, -0.05) is 17.7 Å². The molecule has 0 aliphatic carbocycles. The lowest BCUT2D eigenvalue weighted by Crippen LogP contribution is -2.48. The van der Waals surface area contributed by atoms with Gasteiger partial charge in [0.25, 0.3) is 0 Å². The number of carbonyl (C=O) groups is 1. The minimum Gasteiger partial charge on any atom is -0.493 e. The van der Waals surface area contributed by atoms with Crippen molar-refractivity contribution in [3.63, 3.8) is 0 Å². The van der Waals surface area contributed by atoms with E-state index in [1.165, 1.54) is 4.90 Å². The number of halogens is 1. The fraction of sp³-hybridized carbons (Fsp3) is 0.500. The molecule has 1 amide bonds. The molecule has 1 aromatic carbocycles. The van der Waals surface area contributed by atoms with E-state index in [4.69, 9.17) is 21.4 Å². The minimum atomic E-state index is -0.825. The molecule has 5 nitrogen and oxygen atoms in total. The van der Waals surface area contributed by atoms with Crippen molar-refractivity contribution in [3.05, 3.63) is 29.3 Å². The van der Waals surface area contributed by atoms with Crippen LogP contribution >= 0.6 is 11.6 Å². The van der Waals surface area contributed by atoms with E-state index in [9.17, 15) is 4.79 Å². The number of carboxylic acid groups (broad SMARTS) is 1. The average molecular weight is 299 g/mol. The Balaban J connectivity index is 1.61. The predicted molar refractivity (Wildman–Crippen MR) is 77.6 cm³/mol. The van der Waals surface area contributed by atoms with Crippen LogP contribution in [0.5, 0.6) is 5.75 Å². The molecule has 110 valence electrons. The topological polar surface area (TPSA) is 53.0 Å². The molecule has 0 spiro atoms. The van der Waals surface area contributed by atoms with Crippen LogP contribution in [0.15, 0.2) is 24.3 Å². The summed E-state index contributed by atoms with van der Waals surface area (Å²) in [5.74, 6) is 0.785. The fourth-order valence-corrected chi connectivity index (χ4v) is 2.38. The first-order chi connectivity index (χ1) is 9.65. The molecule has 1 fully saturated rings. The van der Waals surface area contributed by atoms with Crippen LogP contribution in [0.4, 0.5) is 4.79 Å². The second kappa shape index (κ2) is 7.36. The van der Waals surface area contributed by atoms with E-state index in [0.29, 0.717) is 24.7 Å². The molecule has 0 bridgehead atoms. The molecule has 1 aliphatic heterocycles. The van der Waals surface area contributed by atoms with Gasteiger partial charge >= 0.3 is 6.09 Å². The maximum atomic E-state index is 10.8. The molecule has 0 radical (unpaired) electrons. The van der Waals surface area contributed by atoms with Crippen LogP contribution in [-0.4, -0.2) is 60.3 Å². The van der Waals surface area contributed by atoms with Gasteiger partial charge in [0.1, 0.15) is 5.75 Å². The summed E-state index contributed by atoms with van der Waals surface area (Å²) in [6.07, 6.45) is 0.0912. The molecule has 1 aromatic rings. The number of piperazine rings is 1. The van der Waals surface area contributed by atoms with Gasteiger partial charge in [-0.2, -0.15) is 0 Å². The summed E-state index contributed by atoms with van der Waals surface area (Å²) >= 11 is 5.88. The van der Waals surface area contributed by atoms with Gasteiger partial charge in [-0.3, -0.25) is 4.90 Å². The van der Waals surface area contributed by atoms with E-state index in [1.807, 2.05) is 18.2 Å². The third-order valence-corrected chi connectivity index (χ3v) is 3.56. The van der Waals surface area contributed by atoms with Crippen molar-refractivity contribution in [1.29, 1.82) is 0 Å². The van der Waals surface area contributed by atoms with Gasteiger partial charge < -0.3 is 14.7 Å². The summed E-state index contributed by atoms with van der Waals surface area (Å²) in [4.78, 5) is 14.5. The molecular weight excluding hydrogens is 280 g/mol. The lowest BCUT2D eigenvalue weighted by atomic mass is 10.3. The number of hydrogen-bond acceptors (Lipinski definition) is 3. The van der Waals surface area contributed by atoms with Crippen molar-refractivity contribution in [3.8, 4) is 5.75 Å². The summed E-state index contributed by atoms with van der Waals surface area (Å²) in [5, 5.41) is 9.54. The number of rotatable bonds is 5. The van der Waals surface area contributed by atoms with Crippen molar-refractivity contribution in [2.24, 2.45) is 0 Å². The van der Waals surface area contributed by atoms with Gasteiger partial charge in [-0.15, -0.1) is 0 Å². The van der Waals surface area contributed by atoms with Gasteiger partial charge in [0.15, 0.2) is 0 Å². The van der Waals surface area contributed by atoms with Crippen LogP contribution < -0.4 is 4.74 Å². The summed E-state index contributed by atoms with van der Waals surface area (Å²) in [7, 11) is 0. The van der Waals surface area contributed by atoms with Crippen molar-refractivity contribution in [2.75, 3.05) is 39.3 Å². The SMILES string of the molecule is O=C(O)N1CCN(CCCOc2cccc(Cl)c2)CC1. The maximum absolute atomic E-state index is 10.8. The van der Waals surface area contributed by atoms with E-state index in [2.05, 4.69) is 4.90 Å². The molecule has 0 atom stereocenters. The van der Waals surface area contributed by atoms with Crippen molar-refractivity contribution in [2.45, 2.75) is 6.42 Å². The van der Waals surface area contributed by atoms with Crippen molar-refractivity contribution < 1.29 is 14.6 Å². The van der Waals surface area contributed by atoms with Gasteiger partial charge in [-0.25, -0.2) is 4.79 Å². The highest BCUT2D eigenvalue weighted by Crippen LogP contribution is 2.17. The van der Waals surface area contributed by atoms with E-state index in [0.717, 1.165) is 31.8 Å². The van der Waals surface area contributed by atoms with Gasteiger partial charge in [0.05, 0.1) is 6.61 Å². The molecule has 1 aliphatic rings. The highest BCUT2D eigenvalue weighted by molar-refractivity contribution is 6.30. The number of benzene rings is 1. The van der Waals surface area contributed by atoms with Gasteiger partial charge in [0.2, 0.25) is 0 Å². The molecule has 2 rings (SSSR count). The Morgan fingerprint density at radius 1 is 1.30 bits per heavy atom. The minimum absolute atomic E-state index is 0.588. The largest absolute Gasteiger partial charge is 0.493 e. The Labute approximate surface area is 123 Å². The molecule has 1 N–H and O–H groups in total. The first-order valence-corrected chi connectivity index (χ1v) is 7.11. The van der Waals surface area contributed by atoms with E-state index in [1.54, 1.807) is 6.07 Å². The summed E-state index contributed by atoms with van der Waals surface area (Å²) in [6, 6.07) is 7.36. The summed E-state index contributed by atoms with van der Waals surface area (Å²) in [5.41, 5.74) is 0. The Hall–Kier alpha value is -1.46. The summed E-state index contributed by atoms with van der Waals surface area (Å²) in [6.45, 7) is 4.33. The Bertz CT molecular complexity index is 448. The lowest BCUT2D eigenvalue weighted by Gasteiger charge is -2.32. The Morgan fingerprint density at radius 2 is 2.05 bits per heavy atom. The first-order valence-electron chi connectivity index (χ1n) is 6.74. The third-order valence-electron chi connectivity index (χ3n) is 3.33. The number of ether oxygens (including phenoxy) is 1. The van der Waals surface area contributed by atoms with E-state index in [-0.39, 0.29) is 0 Å². The van der Waals surface area contributed by atoms with E-state index >= 15 is 0 Å². The van der Waals surface area contributed by atoms with Crippen LogP contribution in [-0.2, 0) is 0 Å². The smallest absolute Gasteiger partial charge is 0.407 e. The van der Waals surface area contributed by atoms with Crippen molar-refractivity contribution in [1.82, 2.24) is 9.80 Å². The fourth-order valence-electron chi connectivity index (χ4n) is 2.20. The number of nitrogens with zero attached hydrogens (tertiary/aromatic N) is 2. The second-order valence-corrected chi connectivity index (χ2v) is 5.21. The number of hydrogen-bond donors (Lipinski definition) is 1. The first kappa shape index (κ1) is 14.9.